The summed E-state index contributed by atoms with van der Waals surface area (Å²) < 4.78 is 79.2. The molecule has 0 saturated heterocycles. The molecular formula is C22H12Br4F6. The van der Waals surface area contributed by atoms with Gasteiger partial charge in [0.15, 0.2) is 0 Å². The monoisotopic (exact) mass is 706 g/mol. The Morgan fingerprint density at radius 2 is 0.875 bits per heavy atom. The molecule has 0 spiro atoms. The third-order valence-electron chi connectivity index (χ3n) is 4.70. The second-order valence-corrected chi connectivity index (χ2v) is 12.9. The average Bonchev–Trinajstić information content (AvgIpc) is 2.71. The number of alkyl halides is 10. The van der Waals surface area contributed by atoms with Gasteiger partial charge >= 0.3 is 12.4 Å². The van der Waals surface area contributed by atoms with Gasteiger partial charge in [0.25, 0.3) is 0 Å². The molecular weight excluding hydrogens is 698 g/mol. The molecule has 0 nitrogen and oxygen atoms in total. The lowest BCUT2D eigenvalue weighted by Crippen LogP contribution is -2.05. The van der Waals surface area contributed by atoms with Crippen LogP contribution in [0.2, 0.25) is 0 Å². The maximum Gasteiger partial charge on any atom is 0.416 e. The van der Waals surface area contributed by atoms with Crippen LogP contribution in [0, 0.1) is 0 Å². The molecule has 0 saturated carbocycles. The molecule has 170 valence electrons. The van der Waals surface area contributed by atoms with Crippen molar-refractivity contribution in [2.45, 2.75) is 19.8 Å². The predicted octanol–water partition coefficient (Wildman–Crippen LogP) is 10.6. The quantitative estimate of drug-likeness (QED) is 0.187. The second kappa shape index (κ2) is 9.80. The molecule has 0 N–H and O–H groups in total. The fourth-order valence-electron chi connectivity index (χ4n) is 3.21. The van der Waals surface area contributed by atoms with Gasteiger partial charge in [-0.1, -0.05) is 88.0 Å². The topological polar surface area (TPSA) is 0 Å². The molecule has 3 aromatic carbocycles. The Labute approximate surface area is 213 Å². The Balaban J connectivity index is 2.35. The smallest absolute Gasteiger partial charge is 0.166 e. The van der Waals surface area contributed by atoms with E-state index < -0.39 is 23.5 Å². The van der Waals surface area contributed by atoms with Crippen LogP contribution in [0.4, 0.5) is 26.3 Å². The number of hydrogen-bond acceptors (Lipinski definition) is 0. The van der Waals surface area contributed by atoms with Gasteiger partial charge in [0, 0.05) is 0 Å². The number of benzene rings is 3. The van der Waals surface area contributed by atoms with Gasteiger partial charge in [0.2, 0.25) is 0 Å². The zero-order valence-corrected chi connectivity index (χ0v) is 22.1. The Kier molecular flexibility index (Phi) is 7.89. The first-order valence-corrected chi connectivity index (χ1v) is 12.5. The zero-order valence-electron chi connectivity index (χ0n) is 15.7. The first-order valence-electron chi connectivity index (χ1n) is 8.88. The van der Waals surface area contributed by atoms with Crippen molar-refractivity contribution in [1.29, 1.82) is 0 Å². The molecule has 0 aliphatic rings. The number of hydrogen-bond donors (Lipinski definition) is 0. The summed E-state index contributed by atoms with van der Waals surface area (Å²) in [5.41, 5.74) is 0.936. The van der Waals surface area contributed by atoms with Crippen LogP contribution in [0.15, 0.2) is 60.7 Å². The van der Waals surface area contributed by atoms with Crippen LogP contribution in [-0.2, 0) is 12.4 Å². The highest BCUT2D eigenvalue weighted by Crippen LogP contribution is 2.46. The minimum atomic E-state index is -4.56. The standard InChI is InChI=1S/C22H12Br4F6/c23-19(24)17-9-15(11-3-1-5-13(7-11)21(27,28)29)16(10-18(17)20(25)26)12-4-2-6-14(8-12)22(30,31)32/h1-10,19-20H. The average molecular weight is 710 g/mol. The van der Waals surface area contributed by atoms with E-state index in [2.05, 4.69) is 63.7 Å². The van der Waals surface area contributed by atoms with Gasteiger partial charge in [-0.3, -0.25) is 0 Å². The zero-order chi connectivity index (χ0) is 23.8. The lowest BCUT2D eigenvalue weighted by molar-refractivity contribution is -0.138. The molecule has 3 aromatic rings. The molecule has 0 aliphatic carbocycles. The van der Waals surface area contributed by atoms with Crippen molar-refractivity contribution in [2.75, 3.05) is 0 Å². The largest absolute Gasteiger partial charge is 0.416 e. The number of halogens is 10. The fourth-order valence-corrected chi connectivity index (χ4v) is 4.80. The van der Waals surface area contributed by atoms with Crippen LogP contribution >= 0.6 is 63.7 Å². The van der Waals surface area contributed by atoms with E-state index in [1.165, 1.54) is 24.3 Å². The minimum Gasteiger partial charge on any atom is -0.166 e. The molecule has 32 heavy (non-hydrogen) atoms. The summed E-state index contributed by atoms with van der Waals surface area (Å²) in [6.45, 7) is 0. The van der Waals surface area contributed by atoms with E-state index in [1.807, 2.05) is 0 Å². The van der Waals surface area contributed by atoms with Gasteiger partial charge in [-0.15, -0.1) is 0 Å². The van der Waals surface area contributed by atoms with Crippen LogP contribution in [-0.4, -0.2) is 0 Å². The van der Waals surface area contributed by atoms with Crippen molar-refractivity contribution in [3.05, 3.63) is 82.9 Å². The van der Waals surface area contributed by atoms with Crippen molar-refractivity contribution >= 4 is 63.7 Å². The van der Waals surface area contributed by atoms with E-state index >= 15 is 0 Å². The van der Waals surface area contributed by atoms with Crippen molar-refractivity contribution in [2.24, 2.45) is 0 Å². The highest BCUT2D eigenvalue weighted by Gasteiger charge is 2.32. The van der Waals surface area contributed by atoms with Gasteiger partial charge in [-0.05, 0) is 69.8 Å². The van der Waals surface area contributed by atoms with E-state index in [1.54, 1.807) is 12.1 Å². The highest BCUT2D eigenvalue weighted by atomic mass is 79.9. The van der Waals surface area contributed by atoms with Crippen LogP contribution in [0.3, 0.4) is 0 Å². The molecule has 0 unspecified atom stereocenters. The van der Waals surface area contributed by atoms with Crippen LogP contribution < -0.4 is 0 Å². The molecule has 0 heterocycles. The molecule has 0 fully saturated rings. The van der Waals surface area contributed by atoms with E-state index in [0.29, 0.717) is 22.3 Å². The Morgan fingerprint density at radius 1 is 0.531 bits per heavy atom. The third kappa shape index (κ3) is 5.80. The van der Waals surface area contributed by atoms with Gasteiger partial charge in [0.1, 0.15) is 0 Å². The molecule has 0 aliphatic heterocycles. The minimum absolute atomic E-state index is 0.237. The van der Waals surface area contributed by atoms with Gasteiger partial charge in [0.05, 0.1) is 18.6 Å². The summed E-state index contributed by atoms with van der Waals surface area (Å²) in [7, 11) is 0. The van der Waals surface area contributed by atoms with Crippen LogP contribution in [0.1, 0.15) is 29.7 Å². The summed E-state index contributed by atoms with van der Waals surface area (Å²) in [6.07, 6.45) is -9.11. The molecule has 0 amide bonds. The predicted molar refractivity (Wildman–Crippen MR) is 129 cm³/mol. The highest BCUT2D eigenvalue weighted by molar-refractivity contribution is 9.24. The van der Waals surface area contributed by atoms with Crippen molar-refractivity contribution in [3.63, 3.8) is 0 Å². The lowest BCUT2D eigenvalue weighted by atomic mass is 9.89. The fraction of sp³-hybridized carbons (Fsp3) is 0.182. The number of rotatable bonds is 4. The molecule has 0 atom stereocenters. The van der Waals surface area contributed by atoms with Gasteiger partial charge in [-0.25, -0.2) is 0 Å². The molecule has 3 rings (SSSR count). The Morgan fingerprint density at radius 3 is 1.16 bits per heavy atom. The lowest BCUT2D eigenvalue weighted by Gasteiger charge is -2.20. The third-order valence-corrected chi connectivity index (χ3v) is 6.67. The summed E-state index contributed by atoms with van der Waals surface area (Å²) in [4.78, 5) is 0. The molecule has 0 bridgehead atoms. The molecule has 0 aromatic heterocycles. The van der Waals surface area contributed by atoms with Crippen molar-refractivity contribution in [3.8, 4) is 22.3 Å². The molecule has 10 heteroatoms. The summed E-state index contributed by atoms with van der Waals surface area (Å²) in [5, 5.41) is 0. The van der Waals surface area contributed by atoms with Gasteiger partial charge in [-0.2, -0.15) is 26.3 Å². The molecule has 0 radical (unpaired) electrons. The van der Waals surface area contributed by atoms with Crippen LogP contribution in [0.5, 0.6) is 0 Å². The Bertz CT molecular complexity index is 1030. The summed E-state index contributed by atoms with van der Waals surface area (Å²) >= 11 is 13.7. The van der Waals surface area contributed by atoms with Crippen molar-refractivity contribution < 1.29 is 26.3 Å². The van der Waals surface area contributed by atoms with E-state index in [9.17, 15) is 26.3 Å². The first-order chi connectivity index (χ1) is 14.8. The second-order valence-electron chi connectivity index (χ2n) is 6.79. The Hall–Kier alpha value is -0.840. The van der Waals surface area contributed by atoms with E-state index in [4.69, 9.17) is 0 Å². The SMILES string of the molecule is FC(F)(F)c1cccc(-c2cc(C(Br)Br)c(C(Br)Br)cc2-c2cccc(C(F)(F)F)c2)c1. The first kappa shape index (κ1) is 25.8. The van der Waals surface area contributed by atoms with Crippen LogP contribution in [0.25, 0.3) is 22.3 Å². The van der Waals surface area contributed by atoms with Crippen molar-refractivity contribution in [1.82, 2.24) is 0 Å². The normalized spacial score (nSPS) is 12.6. The van der Waals surface area contributed by atoms with Gasteiger partial charge < -0.3 is 0 Å². The maximum absolute atomic E-state index is 13.3. The summed E-state index contributed by atoms with van der Waals surface area (Å²) in [5.74, 6) is 0. The maximum atomic E-state index is 13.3. The summed E-state index contributed by atoms with van der Waals surface area (Å²) in [6, 6.07) is 12.8. The van der Waals surface area contributed by atoms with E-state index in [0.717, 1.165) is 24.3 Å². The van der Waals surface area contributed by atoms with E-state index in [-0.39, 0.29) is 18.6 Å².